The van der Waals surface area contributed by atoms with E-state index in [-0.39, 0.29) is 17.3 Å². The van der Waals surface area contributed by atoms with E-state index in [2.05, 4.69) is 15.3 Å². The smallest absolute Gasteiger partial charge is 0.211 e. The lowest BCUT2D eigenvalue weighted by Gasteiger charge is -2.06. The molecule has 1 heterocycles. The molecule has 0 fully saturated rings. The van der Waals surface area contributed by atoms with Crippen LogP contribution in [0.25, 0.3) is 0 Å². The van der Waals surface area contributed by atoms with Crippen LogP contribution in [0.5, 0.6) is 0 Å². The van der Waals surface area contributed by atoms with E-state index in [1.165, 1.54) is 11.8 Å². The van der Waals surface area contributed by atoms with Gasteiger partial charge in [-0.2, -0.15) is 0 Å². The summed E-state index contributed by atoms with van der Waals surface area (Å²) in [5, 5.41) is 2.81. The lowest BCUT2D eigenvalue weighted by atomic mass is 10.4. The fourth-order valence-electron chi connectivity index (χ4n) is 0.772. The van der Waals surface area contributed by atoms with E-state index in [4.69, 9.17) is 11.5 Å². The van der Waals surface area contributed by atoms with Gasteiger partial charge in [0.2, 0.25) is 6.41 Å². The largest absolute Gasteiger partial charge is 0.382 e. The molecule has 0 aromatic carbocycles. The molecule has 6 nitrogen and oxygen atoms in total. The van der Waals surface area contributed by atoms with Crippen molar-refractivity contribution in [1.29, 1.82) is 0 Å². The molecule has 0 aliphatic heterocycles. The Morgan fingerprint density at radius 1 is 1.38 bits per heavy atom. The van der Waals surface area contributed by atoms with Crippen molar-refractivity contribution in [1.82, 2.24) is 9.97 Å². The first kappa shape index (κ1) is 9.59. The third kappa shape index (κ3) is 2.00. The molecule has 0 unspecified atom stereocenters. The minimum Gasteiger partial charge on any atom is -0.382 e. The van der Waals surface area contributed by atoms with Crippen LogP contribution in [-0.4, -0.2) is 22.6 Å². The zero-order valence-electron chi connectivity index (χ0n) is 6.94. The van der Waals surface area contributed by atoms with Crippen molar-refractivity contribution in [2.24, 2.45) is 0 Å². The fourth-order valence-corrected chi connectivity index (χ4v) is 1.15. The van der Waals surface area contributed by atoms with Gasteiger partial charge in [-0.05, 0) is 6.26 Å². The molecular weight excluding hydrogens is 190 g/mol. The minimum atomic E-state index is 0.170. The molecule has 0 bridgehead atoms. The van der Waals surface area contributed by atoms with Crippen molar-refractivity contribution >= 4 is 35.5 Å². The zero-order valence-corrected chi connectivity index (χ0v) is 7.76. The SMILES string of the molecule is CSc1nc(N)c(NC=O)c(N)n1. The van der Waals surface area contributed by atoms with Gasteiger partial charge < -0.3 is 16.8 Å². The number of anilines is 3. The molecule has 1 amide bonds. The van der Waals surface area contributed by atoms with Crippen LogP contribution in [0.1, 0.15) is 0 Å². The number of carbonyl (C=O) groups excluding carboxylic acids is 1. The zero-order chi connectivity index (χ0) is 9.84. The summed E-state index contributed by atoms with van der Waals surface area (Å²) in [6, 6.07) is 0. The minimum absolute atomic E-state index is 0.170. The van der Waals surface area contributed by atoms with E-state index < -0.39 is 0 Å². The number of carbonyl (C=O) groups is 1. The van der Waals surface area contributed by atoms with Gasteiger partial charge in [-0.3, -0.25) is 4.79 Å². The normalized spacial score (nSPS) is 9.62. The first-order valence-electron chi connectivity index (χ1n) is 3.36. The number of nitrogens with zero attached hydrogens (tertiary/aromatic N) is 2. The second-order valence-corrected chi connectivity index (χ2v) is 2.89. The Hall–Kier alpha value is -1.50. The molecule has 0 saturated carbocycles. The van der Waals surface area contributed by atoms with Crippen molar-refractivity contribution in [2.45, 2.75) is 5.16 Å². The summed E-state index contributed by atoms with van der Waals surface area (Å²) in [6.07, 6.45) is 2.28. The van der Waals surface area contributed by atoms with Crippen LogP contribution in [0.2, 0.25) is 0 Å². The number of hydrogen-bond donors (Lipinski definition) is 3. The average Bonchev–Trinajstić information content (AvgIpc) is 2.11. The van der Waals surface area contributed by atoms with Crippen molar-refractivity contribution in [3.05, 3.63) is 0 Å². The van der Waals surface area contributed by atoms with Gasteiger partial charge in [0.25, 0.3) is 0 Å². The number of aromatic nitrogens is 2. The molecule has 0 radical (unpaired) electrons. The predicted octanol–water partition coefficient (Wildman–Crippen LogP) is -0.0688. The molecule has 1 aromatic rings. The van der Waals surface area contributed by atoms with Crippen LogP contribution in [0.3, 0.4) is 0 Å². The van der Waals surface area contributed by atoms with E-state index in [1.54, 1.807) is 6.26 Å². The number of amides is 1. The molecule has 1 aromatic heterocycles. The van der Waals surface area contributed by atoms with Gasteiger partial charge in [0, 0.05) is 0 Å². The van der Waals surface area contributed by atoms with Crippen LogP contribution in [0.4, 0.5) is 17.3 Å². The maximum Gasteiger partial charge on any atom is 0.211 e. The van der Waals surface area contributed by atoms with E-state index in [0.29, 0.717) is 11.6 Å². The van der Waals surface area contributed by atoms with E-state index in [9.17, 15) is 4.79 Å². The van der Waals surface area contributed by atoms with E-state index in [1.807, 2.05) is 0 Å². The van der Waals surface area contributed by atoms with Gasteiger partial charge in [-0.15, -0.1) is 0 Å². The third-order valence-electron chi connectivity index (χ3n) is 1.33. The first-order chi connectivity index (χ1) is 6.19. The third-order valence-corrected chi connectivity index (χ3v) is 1.88. The Kier molecular flexibility index (Phi) is 2.91. The molecule has 1 rings (SSSR count). The molecular formula is C6H9N5OS. The van der Waals surface area contributed by atoms with Crippen molar-refractivity contribution in [3.63, 3.8) is 0 Å². The van der Waals surface area contributed by atoms with Crippen molar-refractivity contribution < 1.29 is 4.79 Å². The van der Waals surface area contributed by atoms with Gasteiger partial charge in [-0.25, -0.2) is 9.97 Å². The van der Waals surface area contributed by atoms with Crippen LogP contribution < -0.4 is 16.8 Å². The molecule has 13 heavy (non-hydrogen) atoms. The summed E-state index contributed by atoms with van der Waals surface area (Å²) in [6.45, 7) is 0. The number of nitrogens with two attached hydrogens (primary N) is 2. The summed E-state index contributed by atoms with van der Waals surface area (Å²) in [5.74, 6) is 0.341. The average molecular weight is 199 g/mol. The van der Waals surface area contributed by atoms with Gasteiger partial charge in [0.15, 0.2) is 16.8 Å². The van der Waals surface area contributed by atoms with Crippen LogP contribution in [-0.2, 0) is 4.79 Å². The highest BCUT2D eigenvalue weighted by Crippen LogP contribution is 2.24. The second kappa shape index (κ2) is 3.94. The number of nitrogens with one attached hydrogen (secondary N) is 1. The molecule has 0 spiro atoms. The Balaban J connectivity index is 3.14. The summed E-state index contributed by atoms with van der Waals surface area (Å²) in [7, 11) is 0. The molecule has 0 aliphatic carbocycles. The molecule has 5 N–H and O–H groups in total. The highest BCUT2D eigenvalue weighted by molar-refractivity contribution is 7.98. The Labute approximate surface area is 79.1 Å². The van der Waals surface area contributed by atoms with E-state index in [0.717, 1.165) is 0 Å². The van der Waals surface area contributed by atoms with Gasteiger partial charge in [-0.1, -0.05) is 11.8 Å². The molecule has 0 saturated heterocycles. The monoisotopic (exact) mass is 199 g/mol. The number of thioether (sulfide) groups is 1. The van der Waals surface area contributed by atoms with Gasteiger partial charge >= 0.3 is 0 Å². The number of nitrogen functional groups attached to an aromatic ring is 2. The first-order valence-corrected chi connectivity index (χ1v) is 4.58. The highest BCUT2D eigenvalue weighted by Gasteiger charge is 2.08. The van der Waals surface area contributed by atoms with Crippen LogP contribution in [0.15, 0.2) is 5.16 Å². The maximum absolute atomic E-state index is 10.2. The van der Waals surface area contributed by atoms with E-state index >= 15 is 0 Å². The number of rotatable bonds is 3. The molecule has 0 aliphatic rings. The van der Waals surface area contributed by atoms with Gasteiger partial charge in [0.05, 0.1) is 0 Å². The topological polar surface area (TPSA) is 107 Å². The number of hydrogen-bond acceptors (Lipinski definition) is 6. The lowest BCUT2D eigenvalue weighted by Crippen LogP contribution is -2.07. The highest BCUT2D eigenvalue weighted by atomic mass is 32.2. The Morgan fingerprint density at radius 3 is 2.31 bits per heavy atom. The molecule has 0 atom stereocenters. The summed E-state index contributed by atoms with van der Waals surface area (Å²) in [5.41, 5.74) is 11.3. The molecule has 70 valence electrons. The van der Waals surface area contributed by atoms with Gasteiger partial charge in [0.1, 0.15) is 5.69 Å². The standard InChI is InChI=1S/C6H9N5OS/c1-13-6-10-4(7)3(9-2-12)5(8)11-6/h2H,1H3,(H,9,12)(H4,7,8,10,11). The van der Waals surface area contributed by atoms with Crippen molar-refractivity contribution in [3.8, 4) is 0 Å². The van der Waals surface area contributed by atoms with Crippen molar-refractivity contribution in [2.75, 3.05) is 23.0 Å². The summed E-state index contributed by atoms with van der Waals surface area (Å²) < 4.78 is 0. The van der Waals surface area contributed by atoms with Crippen LogP contribution >= 0.6 is 11.8 Å². The fraction of sp³-hybridized carbons (Fsp3) is 0.167. The summed E-state index contributed by atoms with van der Waals surface area (Å²) >= 11 is 1.33. The Bertz CT molecular complexity index is 306. The lowest BCUT2D eigenvalue weighted by molar-refractivity contribution is -0.105. The molecule has 7 heteroatoms. The second-order valence-electron chi connectivity index (χ2n) is 2.12. The maximum atomic E-state index is 10.2. The predicted molar refractivity (Wildman–Crippen MR) is 52.3 cm³/mol. The van der Waals surface area contributed by atoms with Crippen LogP contribution in [0, 0.1) is 0 Å². The summed E-state index contributed by atoms with van der Waals surface area (Å²) in [4.78, 5) is 17.9. The quantitative estimate of drug-likeness (QED) is 0.357. The Morgan fingerprint density at radius 2 is 1.92 bits per heavy atom.